The number of aromatic nitrogens is 1. The molecule has 6 nitrogen and oxygen atoms in total. The van der Waals surface area contributed by atoms with Crippen LogP contribution in [0.25, 0.3) is 0 Å². The Balaban J connectivity index is 2.31. The lowest BCUT2D eigenvalue weighted by Crippen LogP contribution is -2.47. The minimum absolute atomic E-state index is 0.121. The van der Waals surface area contributed by atoms with Crippen molar-refractivity contribution in [2.24, 2.45) is 0 Å². The van der Waals surface area contributed by atoms with Crippen molar-refractivity contribution in [1.82, 2.24) is 4.98 Å². The molecule has 1 aliphatic heterocycles. The summed E-state index contributed by atoms with van der Waals surface area (Å²) < 4.78 is 23.4. The summed E-state index contributed by atoms with van der Waals surface area (Å²) in [5.41, 5.74) is 0. The van der Waals surface area contributed by atoms with Crippen LogP contribution in [-0.2, 0) is 9.84 Å². The highest BCUT2D eigenvalue weighted by atomic mass is 32.2. The highest BCUT2D eigenvalue weighted by Gasteiger charge is 2.32. The Kier molecular flexibility index (Phi) is 3.83. The molecule has 2 rings (SSSR count). The molecule has 0 saturated carbocycles. The number of carboxylic acids is 1. The molecule has 0 amide bonds. The number of sulfone groups is 1. The van der Waals surface area contributed by atoms with E-state index in [4.69, 9.17) is 5.11 Å². The summed E-state index contributed by atoms with van der Waals surface area (Å²) in [6.07, 6.45) is 2.46. The summed E-state index contributed by atoms with van der Waals surface area (Å²) in [4.78, 5) is 16.6. The summed E-state index contributed by atoms with van der Waals surface area (Å²) in [5, 5.41) is 8.69. The van der Waals surface area contributed by atoms with E-state index in [1.807, 2.05) is 0 Å². The number of nitrogens with zero attached hydrogens (tertiary/aromatic N) is 2. The average Bonchev–Trinajstić information content (AvgIpc) is 2.77. The van der Waals surface area contributed by atoms with Crippen LogP contribution in [0.5, 0.6) is 0 Å². The van der Waals surface area contributed by atoms with Crippen molar-refractivity contribution in [2.45, 2.75) is 5.37 Å². The minimum atomic E-state index is -3.21. The van der Waals surface area contributed by atoms with Crippen LogP contribution in [0.15, 0.2) is 6.20 Å². The predicted octanol–water partition coefficient (Wildman–Crippen LogP) is 0.765. The van der Waals surface area contributed by atoms with Gasteiger partial charge in [0.25, 0.3) is 0 Å². The summed E-state index contributed by atoms with van der Waals surface area (Å²) in [6.45, 7) is 0.564. The second kappa shape index (κ2) is 5.06. The van der Waals surface area contributed by atoms with Crippen molar-refractivity contribution in [3.05, 3.63) is 11.1 Å². The standard InChI is InChI=1S/C9H12N2O4S3/c1-18(14,15)7-5-16-3-2-11(7)9-10-4-6(17-9)8(12)13/h4,7H,2-3,5H2,1H3,(H,12,13). The molecule has 0 radical (unpaired) electrons. The van der Waals surface area contributed by atoms with E-state index in [2.05, 4.69) is 4.98 Å². The molecule has 0 aliphatic carbocycles. The average molecular weight is 308 g/mol. The Hall–Kier alpha value is -0.800. The smallest absolute Gasteiger partial charge is 0.347 e. The topological polar surface area (TPSA) is 87.6 Å². The van der Waals surface area contributed by atoms with E-state index >= 15 is 0 Å². The third kappa shape index (κ3) is 2.78. The molecular weight excluding hydrogens is 296 g/mol. The van der Waals surface area contributed by atoms with Crippen LogP contribution in [0.4, 0.5) is 5.13 Å². The van der Waals surface area contributed by atoms with Gasteiger partial charge in [-0.15, -0.1) is 0 Å². The van der Waals surface area contributed by atoms with E-state index in [9.17, 15) is 13.2 Å². The summed E-state index contributed by atoms with van der Waals surface area (Å²) in [7, 11) is -3.21. The molecule has 1 aromatic heterocycles. The van der Waals surface area contributed by atoms with E-state index < -0.39 is 21.2 Å². The zero-order valence-corrected chi connectivity index (χ0v) is 12.0. The first-order valence-corrected chi connectivity index (χ1v) is 9.04. The van der Waals surface area contributed by atoms with Gasteiger partial charge in [-0.3, -0.25) is 0 Å². The fourth-order valence-corrected chi connectivity index (χ4v) is 5.37. The third-order valence-corrected chi connectivity index (χ3v) is 6.19. The second-order valence-electron chi connectivity index (χ2n) is 3.86. The SMILES string of the molecule is CS(=O)(=O)C1CSCCN1c1ncc(C(=O)O)s1. The first-order chi connectivity index (χ1) is 8.39. The molecule has 1 unspecified atom stereocenters. The van der Waals surface area contributed by atoms with Crippen molar-refractivity contribution in [3.8, 4) is 0 Å². The first-order valence-electron chi connectivity index (χ1n) is 5.12. The normalized spacial score (nSPS) is 20.9. The number of hydrogen-bond acceptors (Lipinski definition) is 7. The number of thiazole rings is 1. The monoisotopic (exact) mass is 308 g/mol. The van der Waals surface area contributed by atoms with Gasteiger partial charge in [-0.1, -0.05) is 11.3 Å². The summed E-state index contributed by atoms with van der Waals surface area (Å²) in [5.74, 6) is 0.260. The lowest BCUT2D eigenvalue weighted by atomic mass is 10.5. The fourth-order valence-electron chi connectivity index (χ4n) is 1.65. The van der Waals surface area contributed by atoms with E-state index in [0.717, 1.165) is 17.1 Å². The van der Waals surface area contributed by atoms with Crippen LogP contribution >= 0.6 is 23.1 Å². The quantitative estimate of drug-likeness (QED) is 0.882. The third-order valence-electron chi connectivity index (χ3n) is 2.53. The molecule has 100 valence electrons. The van der Waals surface area contributed by atoms with E-state index in [1.54, 1.807) is 16.7 Å². The molecule has 0 spiro atoms. The van der Waals surface area contributed by atoms with E-state index in [1.165, 1.54) is 12.5 Å². The predicted molar refractivity (Wildman–Crippen MR) is 72.4 cm³/mol. The van der Waals surface area contributed by atoms with Gasteiger partial charge in [0.05, 0.1) is 6.20 Å². The van der Waals surface area contributed by atoms with Gasteiger partial charge in [0.2, 0.25) is 0 Å². The van der Waals surface area contributed by atoms with Crippen molar-refractivity contribution in [3.63, 3.8) is 0 Å². The van der Waals surface area contributed by atoms with Crippen molar-refractivity contribution < 1.29 is 18.3 Å². The number of anilines is 1. The number of thioether (sulfide) groups is 1. The van der Waals surface area contributed by atoms with Crippen LogP contribution in [-0.4, -0.2) is 54.2 Å². The van der Waals surface area contributed by atoms with Gasteiger partial charge in [0, 0.05) is 24.3 Å². The molecule has 18 heavy (non-hydrogen) atoms. The molecule has 1 N–H and O–H groups in total. The van der Waals surface area contributed by atoms with Gasteiger partial charge in [-0.25, -0.2) is 18.2 Å². The molecule has 0 bridgehead atoms. The molecular formula is C9H12N2O4S3. The van der Waals surface area contributed by atoms with Crippen LogP contribution in [0.2, 0.25) is 0 Å². The van der Waals surface area contributed by atoms with Crippen molar-refractivity contribution in [2.75, 3.05) is 29.2 Å². The summed E-state index contributed by atoms with van der Waals surface area (Å²) in [6, 6.07) is 0. The number of carbonyl (C=O) groups is 1. The largest absolute Gasteiger partial charge is 0.477 e. The molecule has 1 atom stereocenters. The number of carboxylic acid groups (broad SMARTS) is 1. The molecule has 9 heteroatoms. The maximum Gasteiger partial charge on any atom is 0.347 e. The molecule has 2 heterocycles. The first kappa shape index (κ1) is 13.6. The lowest BCUT2D eigenvalue weighted by molar-refractivity contribution is 0.0702. The van der Waals surface area contributed by atoms with Gasteiger partial charge in [0.15, 0.2) is 15.0 Å². The highest BCUT2D eigenvalue weighted by molar-refractivity contribution is 8.01. The van der Waals surface area contributed by atoms with Crippen LogP contribution in [0, 0.1) is 0 Å². The van der Waals surface area contributed by atoms with Gasteiger partial charge < -0.3 is 10.0 Å². The molecule has 1 aliphatic rings. The number of hydrogen-bond donors (Lipinski definition) is 1. The van der Waals surface area contributed by atoms with Gasteiger partial charge in [-0.2, -0.15) is 11.8 Å². The van der Waals surface area contributed by atoms with Crippen LogP contribution < -0.4 is 4.90 Å². The molecule has 1 saturated heterocycles. The molecule has 1 aromatic rings. The molecule has 0 aromatic carbocycles. The Labute approximate surface area is 113 Å². The maximum atomic E-state index is 11.7. The second-order valence-corrected chi connectivity index (χ2v) is 8.23. The van der Waals surface area contributed by atoms with Gasteiger partial charge in [0.1, 0.15) is 10.3 Å². The fraction of sp³-hybridized carbons (Fsp3) is 0.556. The Morgan fingerprint density at radius 3 is 2.89 bits per heavy atom. The highest BCUT2D eigenvalue weighted by Crippen LogP contribution is 2.30. The Bertz CT molecular complexity index is 554. The lowest BCUT2D eigenvalue weighted by Gasteiger charge is -2.33. The van der Waals surface area contributed by atoms with Crippen molar-refractivity contribution >= 4 is 44.0 Å². The van der Waals surface area contributed by atoms with E-state index in [0.29, 0.717) is 17.4 Å². The summed E-state index contributed by atoms with van der Waals surface area (Å²) >= 11 is 2.59. The number of aromatic carboxylic acids is 1. The van der Waals surface area contributed by atoms with Gasteiger partial charge >= 0.3 is 5.97 Å². The van der Waals surface area contributed by atoms with Gasteiger partial charge in [-0.05, 0) is 0 Å². The van der Waals surface area contributed by atoms with Crippen molar-refractivity contribution in [1.29, 1.82) is 0 Å². The Morgan fingerprint density at radius 2 is 2.33 bits per heavy atom. The van der Waals surface area contributed by atoms with E-state index in [-0.39, 0.29) is 4.88 Å². The zero-order chi connectivity index (χ0) is 13.3. The van der Waals surface area contributed by atoms with Crippen LogP contribution in [0.1, 0.15) is 9.67 Å². The number of rotatable bonds is 3. The van der Waals surface area contributed by atoms with Crippen LogP contribution in [0.3, 0.4) is 0 Å². The minimum Gasteiger partial charge on any atom is -0.477 e. The molecule has 1 fully saturated rings. The maximum absolute atomic E-state index is 11.7. The Morgan fingerprint density at radius 1 is 1.61 bits per heavy atom. The zero-order valence-electron chi connectivity index (χ0n) is 9.57.